The zero-order valence-electron chi connectivity index (χ0n) is 34.1. The number of oxazole rings is 1. The van der Waals surface area contributed by atoms with E-state index in [4.69, 9.17) is 37.6 Å². The van der Waals surface area contributed by atoms with E-state index in [-0.39, 0.29) is 23.1 Å². The molecule has 0 bridgehead atoms. The summed E-state index contributed by atoms with van der Waals surface area (Å²) in [5.74, 6) is -0.156. The molecule has 1 aliphatic carbocycles. The fraction of sp³-hybridized carbons (Fsp3) is 0.364. The Bertz CT molecular complexity index is 2980. The second-order valence-electron chi connectivity index (χ2n) is 16.5. The molecule has 0 spiro atoms. The second-order valence-corrected chi connectivity index (χ2v) is 19.5. The Morgan fingerprint density at radius 1 is 1.02 bits per heavy atom. The highest BCUT2D eigenvalue weighted by Gasteiger charge is 2.51. The van der Waals surface area contributed by atoms with Crippen LogP contribution in [0.4, 0.5) is 11.5 Å². The molecular formula is C44H44Cl2N10O5S. The Labute approximate surface area is 368 Å². The van der Waals surface area contributed by atoms with Crippen LogP contribution in [0.15, 0.2) is 76.5 Å². The number of halogens is 2. The molecule has 4 aromatic heterocycles. The minimum Gasteiger partial charge on any atom is -0.434 e. The zero-order chi connectivity index (χ0) is 43.3. The molecule has 0 radical (unpaired) electrons. The lowest BCUT2D eigenvalue weighted by molar-refractivity contribution is -0.122. The van der Waals surface area contributed by atoms with Gasteiger partial charge < -0.3 is 24.3 Å². The summed E-state index contributed by atoms with van der Waals surface area (Å²) < 4.78 is 34.9. The summed E-state index contributed by atoms with van der Waals surface area (Å²) >= 11 is 14.3. The maximum atomic E-state index is 12.9. The number of β-amino-alcohol motifs (C(OH)–C–C–N with tert-alkyl or cyclic N) is 1. The minimum atomic E-state index is -3.70. The van der Waals surface area contributed by atoms with Crippen molar-refractivity contribution in [2.45, 2.75) is 56.5 Å². The molecule has 15 nitrogen and oxygen atoms in total. The van der Waals surface area contributed by atoms with Crippen molar-refractivity contribution in [3.63, 3.8) is 0 Å². The topological polar surface area (TPSA) is 195 Å². The number of hydrogen-bond donors (Lipinski definition) is 3. The summed E-state index contributed by atoms with van der Waals surface area (Å²) in [6, 6.07) is 17.3. The maximum absolute atomic E-state index is 12.9. The molecule has 6 heterocycles. The number of nitrogens with one attached hydrogen (secondary N) is 2. The molecule has 18 heteroatoms. The van der Waals surface area contributed by atoms with Gasteiger partial charge in [-0.15, -0.1) is 0 Å². The van der Waals surface area contributed by atoms with Crippen LogP contribution in [0.5, 0.6) is 0 Å². The van der Waals surface area contributed by atoms with E-state index in [1.807, 2.05) is 47.2 Å². The number of hydrogen-bond acceptors (Lipinski definition) is 13. The molecule has 2 aliphatic heterocycles. The van der Waals surface area contributed by atoms with E-state index < -0.39 is 26.6 Å². The number of aliphatic hydroxyl groups excluding tert-OH is 1. The number of likely N-dealkylation sites (tertiary alicyclic amines) is 2. The van der Waals surface area contributed by atoms with Gasteiger partial charge in [0.1, 0.15) is 17.1 Å². The molecule has 0 unspecified atom stereocenters. The summed E-state index contributed by atoms with van der Waals surface area (Å²) in [6.07, 6.45) is 7.38. The van der Waals surface area contributed by atoms with Crippen LogP contribution in [0.1, 0.15) is 43.7 Å². The van der Waals surface area contributed by atoms with Crippen molar-refractivity contribution in [1.82, 2.24) is 34.0 Å². The van der Waals surface area contributed by atoms with E-state index in [0.29, 0.717) is 113 Å². The van der Waals surface area contributed by atoms with Gasteiger partial charge in [0.2, 0.25) is 21.8 Å². The largest absolute Gasteiger partial charge is 0.434 e. The molecule has 9 rings (SSSR count). The van der Waals surface area contributed by atoms with E-state index in [2.05, 4.69) is 42.0 Å². The van der Waals surface area contributed by atoms with Crippen molar-refractivity contribution in [3.05, 3.63) is 93.8 Å². The third kappa shape index (κ3) is 8.05. The smallest absolute Gasteiger partial charge is 0.240 e. The molecule has 3 aliphatic rings. The third-order valence-electron chi connectivity index (χ3n) is 12.2. The number of nitrogens with zero attached hydrogens (tertiary/aromatic N) is 8. The quantitative estimate of drug-likeness (QED) is 0.125. The van der Waals surface area contributed by atoms with Gasteiger partial charge in [-0.3, -0.25) is 24.4 Å². The number of rotatable bonds is 12. The van der Waals surface area contributed by atoms with Crippen LogP contribution in [-0.2, 0) is 27.9 Å². The number of aromatic nitrogens is 4. The Kier molecular flexibility index (Phi) is 11.3. The fourth-order valence-corrected chi connectivity index (χ4v) is 10.2. The molecule has 2 saturated heterocycles. The number of aliphatic hydroxyl groups is 1. The van der Waals surface area contributed by atoms with Crippen molar-refractivity contribution in [1.29, 1.82) is 5.26 Å². The van der Waals surface area contributed by atoms with E-state index >= 15 is 0 Å². The molecule has 3 fully saturated rings. The highest BCUT2D eigenvalue weighted by atomic mass is 35.5. The van der Waals surface area contributed by atoms with Gasteiger partial charge in [0.15, 0.2) is 22.4 Å². The van der Waals surface area contributed by atoms with Crippen molar-refractivity contribution in [2.75, 3.05) is 45.1 Å². The van der Waals surface area contributed by atoms with Gasteiger partial charge in [0.05, 0.1) is 38.1 Å². The first-order chi connectivity index (χ1) is 29.8. The Morgan fingerprint density at radius 2 is 1.77 bits per heavy atom. The van der Waals surface area contributed by atoms with Gasteiger partial charge in [0, 0.05) is 81.4 Å². The molecule has 320 valence electrons. The molecule has 6 aromatic rings. The maximum Gasteiger partial charge on any atom is 0.240 e. The molecule has 1 amide bonds. The SMILES string of the molecule is C/N=c1/c2nc(-c3cccc(-c4cccc(Nc5nccc6cc(CN7CC[C@@H](O)C7)cnc56)c4Cl)c3Cl)oc2c(C#N)cn1CCN1CC[C@@H](C(=O)NS(=O)(=O)C2(C)CC2)C1. The lowest BCUT2D eigenvalue weighted by Crippen LogP contribution is -2.42. The van der Waals surface area contributed by atoms with Crippen LogP contribution in [0.3, 0.4) is 0 Å². The van der Waals surface area contributed by atoms with Crippen molar-refractivity contribution in [3.8, 4) is 28.7 Å². The lowest BCUT2D eigenvalue weighted by atomic mass is 10.0. The summed E-state index contributed by atoms with van der Waals surface area (Å²) in [4.78, 5) is 35.9. The summed E-state index contributed by atoms with van der Waals surface area (Å²) in [7, 11) is -2.06. The summed E-state index contributed by atoms with van der Waals surface area (Å²) in [5.41, 5.74) is 5.55. The van der Waals surface area contributed by atoms with Gasteiger partial charge in [-0.1, -0.05) is 47.5 Å². The highest BCUT2D eigenvalue weighted by molar-refractivity contribution is 7.91. The van der Waals surface area contributed by atoms with Crippen LogP contribution in [0.2, 0.25) is 10.0 Å². The van der Waals surface area contributed by atoms with Gasteiger partial charge in [-0.25, -0.2) is 18.4 Å². The van der Waals surface area contributed by atoms with Crippen LogP contribution in [0, 0.1) is 17.2 Å². The molecule has 3 N–H and O–H groups in total. The number of nitriles is 1. The fourth-order valence-electron chi connectivity index (χ4n) is 8.31. The van der Waals surface area contributed by atoms with Crippen LogP contribution >= 0.6 is 23.2 Å². The number of benzene rings is 2. The molecular weight excluding hydrogens is 852 g/mol. The summed E-state index contributed by atoms with van der Waals surface area (Å²) in [6.45, 7) is 5.87. The minimum absolute atomic E-state index is 0.200. The van der Waals surface area contributed by atoms with Gasteiger partial charge >= 0.3 is 0 Å². The molecule has 62 heavy (non-hydrogen) atoms. The lowest BCUT2D eigenvalue weighted by Gasteiger charge is -2.18. The van der Waals surface area contributed by atoms with E-state index in [9.17, 15) is 23.6 Å². The van der Waals surface area contributed by atoms with Crippen LogP contribution in [0.25, 0.3) is 44.6 Å². The average molecular weight is 896 g/mol. The van der Waals surface area contributed by atoms with Gasteiger partial charge in [-0.05, 0) is 69.0 Å². The third-order valence-corrected chi connectivity index (χ3v) is 15.2. The van der Waals surface area contributed by atoms with Crippen LogP contribution < -0.4 is 15.5 Å². The predicted molar refractivity (Wildman–Crippen MR) is 237 cm³/mol. The highest BCUT2D eigenvalue weighted by Crippen LogP contribution is 2.43. The van der Waals surface area contributed by atoms with E-state index in [1.54, 1.807) is 32.4 Å². The molecule has 1 saturated carbocycles. The van der Waals surface area contributed by atoms with E-state index in [1.165, 1.54) is 0 Å². The zero-order valence-corrected chi connectivity index (χ0v) is 36.4. The van der Waals surface area contributed by atoms with Crippen molar-refractivity contribution in [2.24, 2.45) is 10.9 Å². The molecule has 2 aromatic carbocycles. The first-order valence-corrected chi connectivity index (χ1v) is 22.7. The van der Waals surface area contributed by atoms with Gasteiger partial charge in [-0.2, -0.15) is 5.26 Å². The molecule has 2 atom stereocenters. The number of carbonyl (C=O) groups excluding carboxylic acids is 1. The average Bonchev–Trinajstić information content (AvgIpc) is 3.56. The number of fused-ring (bicyclic) bond motifs is 2. The number of amides is 1. The monoisotopic (exact) mass is 894 g/mol. The Morgan fingerprint density at radius 3 is 2.52 bits per heavy atom. The number of anilines is 2. The number of pyridine rings is 3. The predicted octanol–water partition coefficient (Wildman–Crippen LogP) is 6.25. The van der Waals surface area contributed by atoms with Crippen molar-refractivity contribution >= 4 is 72.6 Å². The Balaban J connectivity index is 0.945. The first-order valence-electron chi connectivity index (χ1n) is 20.5. The second kappa shape index (κ2) is 16.7. The number of carbonyl (C=O) groups is 1. The first kappa shape index (κ1) is 41.9. The van der Waals surface area contributed by atoms with Crippen LogP contribution in [-0.4, -0.2) is 99.4 Å². The normalized spacial score (nSPS) is 19.3. The van der Waals surface area contributed by atoms with Gasteiger partial charge in [0.25, 0.3) is 0 Å². The van der Waals surface area contributed by atoms with E-state index in [0.717, 1.165) is 23.9 Å². The number of sulfonamides is 1. The summed E-state index contributed by atoms with van der Waals surface area (Å²) in [5, 5.41) is 25.2. The van der Waals surface area contributed by atoms with Crippen molar-refractivity contribution < 1.29 is 22.7 Å². The Hall–Kier alpha value is -5.41. The standard InChI is InChI=1S/C44H44Cl2N10O5S/c1-44(12-13-44)62(59,60)53-42(58)28-10-15-54(23-28)17-18-56-24-29(20-47)39-38(41(56)48-2)52-43(61-39)33-7-3-5-31(35(33)45)32-6-4-8-34(36(32)46)51-40-37-27(9-14-49-40)19-26(21-50-37)22-55-16-11-30(57)25-55/h3-9,14,19,21,24,28,30,57H,10-13,15-18,22-23,25H2,1-2H3,(H,49,51)(H,53,58)/b48-41-/t28-,30-/m1/s1.